The van der Waals surface area contributed by atoms with Gasteiger partial charge in [-0.25, -0.2) is 8.78 Å². The van der Waals surface area contributed by atoms with Gasteiger partial charge >= 0.3 is 0 Å². The Hall–Kier alpha value is -4.31. The number of piperazine rings is 1. The summed E-state index contributed by atoms with van der Waals surface area (Å²) in [7, 11) is 1.53. The molecule has 0 unspecified atom stereocenters. The zero-order valence-corrected chi connectivity index (χ0v) is 25.1. The number of primary amides is 1. The third-order valence-corrected chi connectivity index (χ3v) is 7.54. The van der Waals surface area contributed by atoms with Gasteiger partial charge in [-0.2, -0.15) is 5.10 Å². The maximum absolute atomic E-state index is 15.0. The molecule has 242 valence electrons. The molecule has 2 aromatic carbocycles. The molecule has 0 saturated carbocycles. The van der Waals surface area contributed by atoms with E-state index in [2.05, 4.69) is 25.2 Å². The molecule has 1 fully saturated rings. The number of aromatic nitrogens is 2. The number of nitrogens with two attached hydrogens (primary N) is 1. The van der Waals surface area contributed by atoms with Gasteiger partial charge in [0.25, 0.3) is 0 Å². The summed E-state index contributed by atoms with van der Waals surface area (Å²) >= 11 is 0. The van der Waals surface area contributed by atoms with Crippen LogP contribution in [0.1, 0.15) is 0 Å². The lowest BCUT2D eigenvalue weighted by Crippen LogP contribution is -2.48. The first-order valence-electron chi connectivity index (χ1n) is 14.7. The highest BCUT2D eigenvalue weighted by molar-refractivity contribution is 5.78. The largest absolute Gasteiger partial charge is 0.493 e. The molecule has 1 saturated heterocycles. The van der Waals surface area contributed by atoms with Gasteiger partial charge in [-0.15, -0.1) is 0 Å². The SMILES string of the molecule is COc1cc2c(cc1OCCN1CCN(CCOCCO)CC1)=NCN(c1cccc(F)c1F)C=2Nc1cnn(CC(N)=O)c1. The van der Waals surface area contributed by atoms with E-state index >= 15 is 0 Å². The molecule has 4 N–H and O–H groups in total. The van der Waals surface area contributed by atoms with E-state index in [1.165, 1.54) is 35.0 Å². The van der Waals surface area contributed by atoms with Crippen LogP contribution in [0.5, 0.6) is 11.5 Å². The number of rotatable bonds is 15. The summed E-state index contributed by atoms with van der Waals surface area (Å²) in [5.74, 6) is -1.18. The number of nitrogens with one attached hydrogen (secondary N) is 1. The lowest BCUT2D eigenvalue weighted by atomic mass is 10.2. The minimum Gasteiger partial charge on any atom is -0.493 e. The van der Waals surface area contributed by atoms with Gasteiger partial charge in [-0.1, -0.05) is 6.07 Å². The predicted molar refractivity (Wildman–Crippen MR) is 162 cm³/mol. The maximum atomic E-state index is 15.0. The third-order valence-electron chi connectivity index (χ3n) is 7.54. The van der Waals surface area contributed by atoms with Gasteiger partial charge in [0.05, 0.1) is 49.9 Å². The summed E-state index contributed by atoms with van der Waals surface area (Å²) in [6.45, 7) is 6.56. The number of carbonyl (C=O) groups is 1. The van der Waals surface area contributed by atoms with Gasteiger partial charge in [0.1, 0.15) is 25.6 Å². The molecular weight excluding hydrogens is 590 g/mol. The van der Waals surface area contributed by atoms with Crippen LogP contribution in [0.2, 0.25) is 0 Å². The molecular formula is C30H38F2N8O5. The highest BCUT2D eigenvalue weighted by atomic mass is 19.2. The Kier molecular flexibility index (Phi) is 10.8. The van der Waals surface area contributed by atoms with E-state index in [1.807, 2.05) is 0 Å². The second kappa shape index (κ2) is 15.1. The van der Waals surface area contributed by atoms with Crippen molar-refractivity contribution in [2.45, 2.75) is 6.54 Å². The summed E-state index contributed by atoms with van der Waals surface area (Å²) in [5, 5.41) is 17.4. The highest BCUT2D eigenvalue weighted by Crippen LogP contribution is 2.28. The Labute approximate surface area is 259 Å². The summed E-state index contributed by atoms with van der Waals surface area (Å²) in [6, 6.07) is 7.46. The topological polar surface area (TPSA) is 143 Å². The fraction of sp³-hybridized carbons (Fsp3) is 0.433. The molecule has 5 rings (SSSR count). The number of nitrogens with zero attached hydrogens (tertiary/aromatic N) is 6. The second-order valence-electron chi connectivity index (χ2n) is 10.6. The van der Waals surface area contributed by atoms with Crippen molar-refractivity contribution in [3.63, 3.8) is 0 Å². The average molecular weight is 629 g/mol. The standard InChI is InChI=1S/C30H38F2N8O5/c1-43-26-15-22-24(16-27(26)45-13-10-38-7-5-37(6-8-38)9-12-44-14-11-41)34-20-40(25-4-2-3-23(31)29(25)32)30(22)36-21-17-35-39(18-21)19-28(33)42/h2-4,15-18,36,41H,5-14,19-20H2,1H3,(H2,33,42). The summed E-state index contributed by atoms with van der Waals surface area (Å²) in [4.78, 5) is 22.2. The molecule has 0 spiro atoms. The van der Waals surface area contributed by atoms with Crippen molar-refractivity contribution in [3.05, 3.63) is 64.9 Å². The molecule has 0 radical (unpaired) electrons. The maximum Gasteiger partial charge on any atom is 0.239 e. The number of aliphatic hydroxyl groups is 1. The van der Waals surface area contributed by atoms with Crippen molar-refractivity contribution in [1.29, 1.82) is 0 Å². The molecule has 0 atom stereocenters. The lowest BCUT2D eigenvalue weighted by molar-refractivity contribution is -0.118. The van der Waals surface area contributed by atoms with E-state index < -0.39 is 17.5 Å². The molecule has 3 heterocycles. The van der Waals surface area contributed by atoms with E-state index in [0.717, 1.165) is 45.3 Å². The molecule has 0 bridgehead atoms. The number of halogens is 2. The van der Waals surface area contributed by atoms with Crippen molar-refractivity contribution in [1.82, 2.24) is 19.6 Å². The first-order chi connectivity index (χ1) is 21.9. The van der Waals surface area contributed by atoms with Crippen LogP contribution >= 0.6 is 0 Å². The molecule has 3 aromatic rings. The Bertz CT molecular complexity index is 1600. The molecule has 45 heavy (non-hydrogen) atoms. The number of methoxy groups -OCH3 is 1. The normalized spacial score (nSPS) is 15.5. The van der Waals surface area contributed by atoms with Crippen molar-refractivity contribution in [3.8, 4) is 11.5 Å². The number of hydrogen-bond donors (Lipinski definition) is 3. The van der Waals surface area contributed by atoms with E-state index in [-0.39, 0.29) is 25.5 Å². The van der Waals surface area contributed by atoms with Gasteiger partial charge in [0.2, 0.25) is 5.91 Å². The fourth-order valence-electron chi connectivity index (χ4n) is 5.23. The van der Waals surface area contributed by atoms with Gasteiger partial charge < -0.3 is 35.3 Å². The Morgan fingerprint density at radius 2 is 1.82 bits per heavy atom. The predicted octanol–water partition coefficient (Wildman–Crippen LogP) is -0.0644. The molecule has 0 aliphatic carbocycles. The Morgan fingerprint density at radius 1 is 1.07 bits per heavy atom. The Balaban J connectivity index is 1.35. The number of hydrogen-bond acceptors (Lipinski definition) is 11. The van der Waals surface area contributed by atoms with Gasteiger partial charge in [0.15, 0.2) is 23.1 Å². The van der Waals surface area contributed by atoms with Crippen molar-refractivity contribution < 1.29 is 32.9 Å². The fourth-order valence-corrected chi connectivity index (χ4v) is 5.23. The summed E-state index contributed by atoms with van der Waals surface area (Å²) in [5.41, 5.74) is 5.79. The van der Waals surface area contributed by atoms with Gasteiger partial charge in [-0.05, 0) is 18.2 Å². The van der Waals surface area contributed by atoms with Crippen LogP contribution in [0.4, 0.5) is 20.2 Å². The van der Waals surface area contributed by atoms with Gasteiger partial charge in [-0.3, -0.25) is 24.3 Å². The van der Waals surface area contributed by atoms with Crippen LogP contribution in [0, 0.1) is 11.6 Å². The van der Waals surface area contributed by atoms with Crippen molar-refractivity contribution in [2.24, 2.45) is 10.7 Å². The summed E-state index contributed by atoms with van der Waals surface area (Å²) < 4.78 is 47.8. The number of amides is 1. The van der Waals surface area contributed by atoms with Crippen LogP contribution in [0.3, 0.4) is 0 Å². The molecule has 2 aliphatic heterocycles. The van der Waals surface area contributed by atoms with Crippen LogP contribution in [-0.2, 0) is 16.1 Å². The molecule has 13 nitrogen and oxygen atoms in total. The number of benzene rings is 2. The number of ether oxygens (including phenoxy) is 3. The first-order valence-corrected chi connectivity index (χ1v) is 14.7. The summed E-state index contributed by atoms with van der Waals surface area (Å²) in [6.07, 6.45) is 3.09. The van der Waals surface area contributed by atoms with E-state index in [9.17, 15) is 13.6 Å². The van der Waals surface area contributed by atoms with Gasteiger partial charge in [0, 0.05) is 56.8 Å². The number of fused-ring (bicyclic) bond motifs is 1. The molecule has 1 amide bonds. The number of carbonyl (C=O) groups excluding carboxylic acids is 1. The molecule has 2 aliphatic rings. The number of aliphatic hydroxyl groups excluding tert-OH is 1. The Morgan fingerprint density at radius 3 is 2.53 bits per heavy atom. The van der Waals surface area contributed by atoms with Crippen molar-refractivity contribution >= 4 is 23.1 Å². The highest BCUT2D eigenvalue weighted by Gasteiger charge is 2.24. The minimum atomic E-state index is -1.01. The van der Waals surface area contributed by atoms with E-state index in [0.29, 0.717) is 53.4 Å². The van der Waals surface area contributed by atoms with E-state index in [4.69, 9.17) is 25.1 Å². The monoisotopic (exact) mass is 628 g/mol. The zero-order chi connectivity index (χ0) is 31.8. The zero-order valence-electron chi connectivity index (χ0n) is 25.1. The van der Waals surface area contributed by atoms with Crippen molar-refractivity contribution in [2.75, 3.05) is 89.7 Å². The lowest BCUT2D eigenvalue weighted by Gasteiger charge is -2.34. The van der Waals surface area contributed by atoms with E-state index in [1.54, 1.807) is 18.3 Å². The van der Waals surface area contributed by atoms with Crippen LogP contribution < -0.4 is 36.0 Å². The van der Waals surface area contributed by atoms with Crippen LogP contribution in [0.15, 0.2) is 47.7 Å². The van der Waals surface area contributed by atoms with Crippen LogP contribution in [0.25, 0.3) is 5.82 Å². The first kappa shape index (κ1) is 32.1. The average Bonchev–Trinajstić information content (AvgIpc) is 3.47. The third kappa shape index (κ3) is 8.05. The second-order valence-corrected chi connectivity index (χ2v) is 10.6. The minimum absolute atomic E-state index is 0.00602. The smallest absolute Gasteiger partial charge is 0.239 e. The molecule has 1 aromatic heterocycles. The van der Waals surface area contributed by atoms with Crippen LogP contribution in [-0.4, -0.2) is 110 Å². The molecule has 15 heteroatoms. The number of anilines is 2. The quantitative estimate of drug-likeness (QED) is 0.196.